The largest absolute Gasteiger partial charge is 0.416 e. The van der Waals surface area contributed by atoms with Gasteiger partial charge in [-0.05, 0) is 73.2 Å². The van der Waals surface area contributed by atoms with Gasteiger partial charge < -0.3 is 15.5 Å². The maximum Gasteiger partial charge on any atom is 0.269 e. The van der Waals surface area contributed by atoms with E-state index in [0.717, 1.165) is 16.8 Å². The lowest BCUT2D eigenvalue weighted by atomic mass is 10.1. The van der Waals surface area contributed by atoms with E-state index in [2.05, 4.69) is 20.6 Å². The highest BCUT2D eigenvalue weighted by Crippen LogP contribution is 2.26. The fourth-order valence-electron chi connectivity index (χ4n) is 3.53. The number of nitrogens with two attached hydrogens (primary N) is 1. The molecule has 0 spiro atoms. The molecule has 0 aliphatic carbocycles. The number of benzene rings is 3. The first-order chi connectivity index (χ1) is 17.0. The van der Waals surface area contributed by atoms with Crippen molar-refractivity contribution in [3.05, 3.63) is 102 Å². The number of aryl methyl sites for hydroxylation is 1. The Morgan fingerprint density at radius 1 is 0.886 bits per heavy atom. The fraction of sp³-hybridized carbons (Fsp3) is 0.0385. The van der Waals surface area contributed by atoms with Crippen LogP contribution in [0.25, 0.3) is 28.6 Å². The van der Waals surface area contributed by atoms with E-state index in [1.165, 1.54) is 4.68 Å². The average molecular weight is 464 g/mol. The maximum atomic E-state index is 12.7. The molecule has 0 saturated heterocycles. The Morgan fingerprint density at radius 2 is 1.60 bits per heavy atom. The van der Waals surface area contributed by atoms with E-state index < -0.39 is 5.91 Å². The summed E-state index contributed by atoms with van der Waals surface area (Å²) in [5, 5.41) is 15.3. The van der Waals surface area contributed by atoms with E-state index in [1.807, 2.05) is 31.2 Å². The lowest BCUT2D eigenvalue weighted by Gasteiger charge is -2.07. The number of rotatable bonds is 6. The minimum absolute atomic E-state index is 0.178. The second-order valence-corrected chi connectivity index (χ2v) is 7.82. The Morgan fingerprint density at radius 3 is 2.29 bits per heavy atom. The predicted octanol–water partition coefficient (Wildman–Crippen LogP) is 4.25. The minimum atomic E-state index is -0.593. The predicted molar refractivity (Wildman–Crippen MR) is 130 cm³/mol. The standard InChI is InChI=1S/C26H20N6O3/c1-16-4-2-3-5-21(16)26-30-29-25(35-26)18-8-6-17(7-9-18)24(34)28-19-10-12-20(13-11-19)32-15-14-22(31-32)23(27)33/h2-15H,1H3,(H2,27,33)(H,28,34). The molecule has 9 nitrogen and oxygen atoms in total. The van der Waals surface area contributed by atoms with Crippen molar-refractivity contribution in [1.82, 2.24) is 20.0 Å². The van der Waals surface area contributed by atoms with Crippen molar-refractivity contribution in [1.29, 1.82) is 0 Å². The van der Waals surface area contributed by atoms with Crippen LogP contribution in [0.1, 0.15) is 26.4 Å². The third kappa shape index (κ3) is 4.55. The van der Waals surface area contributed by atoms with Crippen molar-refractivity contribution >= 4 is 17.5 Å². The van der Waals surface area contributed by atoms with Crippen molar-refractivity contribution < 1.29 is 14.0 Å². The molecule has 0 aliphatic heterocycles. The maximum absolute atomic E-state index is 12.7. The first-order valence-corrected chi connectivity index (χ1v) is 10.7. The zero-order chi connectivity index (χ0) is 24.4. The normalized spacial score (nSPS) is 10.8. The molecule has 2 aromatic heterocycles. The van der Waals surface area contributed by atoms with Gasteiger partial charge in [-0.15, -0.1) is 10.2 Å². The van der Waals surface area contributed by atoms with Crippen LogP contribution in [-0.2, 0) is 0 Å². The molecule has 0 aliphatic rings. The SMILES string of the molecule is Cc1ccccc1-c1nnc(-c2ccc(C(=O)Nc3ccc(-n4ccc(C(N)=O)n4)cc3)cc2)o1. The lowest BCUT2D eigenvalue weighted by molar-refractivity contribution is 0.0993. The molecule has 2 amide bonds. The van der Waals surface area contributed by atoms with Crippen LogP contribution in [0.15, 0.2) is 89.5 Å². The minimum Gasteiger partial charge on any atom is -0.416 e. The number of anilines is 1. The smallest absolute Gasteiger partial charge is 0.269 e. The number of nitrogens with zero attached hydrogens (tertiary/aromatic N) is 4. The Bertz CT molecular complexity index is 1520. The molecule has 3 aromatic carbocycles. The molecule has 0 fully saturated rings. The molecule has 2 heterocycles. The van der Waals surface area contributed by atoms with Crippen molar-refractivity contribution in [2.75, 3.05) is 5.32 Å². The number of carbonyl (C=O) groups is 2. The summed E-state index contributed by atoms with van der Waals surface area (Å²) in [4.78, 5) is 23.9. The monoisotopic (exact) mass is 464 g/mol. The summed E-state index contributed by atoms with van der Waals surface area (Å²) in [6.07, 6.45) is 1.64. The number of primary amides is 1. The van der Waals surface area contributed by atoms with E-state index in [0.29, 0.717) is 28.6 Å². The van der Waals surface area contributed by atoms with Gasteiger partial charge in [0.05, 0.1) is 5.69 Å². The third-order valence-electron chi connectivity index (χ3n) is 5.43. The van der Waals surface area contributed by atoms with Gasteiger partial charge in [-0.2, -0.15) is 5.10 Å². The zero-order valence-corrected chi connectivity index (χ0v) is 18.7. The molecule has 5 rings (SSSR count). The van der Waals surface area contributed by atoms with E-state index in [1.54, 1.807) is 60.8 Å². The average Bonchev–Trinajstić information content (AvgIpc) is 3.56. The molecular weight excluding hydrogens is 444 g/mol. The highest BCUT2D eigenvalue weighted by Gasteiger charge is 2.13. The van der Waals surface area contributed by atoms with Gasteiger partial charge in [0.2, 0.25) is 11.8 Å². The second kappa shape index (κ2) is 9.06. The summed E-state index contributed by atoms with van der Waals surface area (Å²) in [5.41, 5.74) is 9.88. The van der Waals surface area contributed by atoms with Crippen molar-refractivity contribution in [2.45, 2.75) is 6.92 Å². The van der Waals surface area contributed by atoms with Crippen molar-refractivity contribution in [2.24, 2.45) is 5.73 Å². The van der Waals surface area contributed by atoms with Crippen LogP contribution in [0, 0.1) is 6.92 Å². The molecule has 35 heavy (non-hydrogen) atoms. The van der Waals surface area contributed by atoms with Crippen LogP contribution in [0.4, 0.5) is 5.69 Å². The topological polar surface area (TPSA) is 129 Å². The summed E-state index contributed by atoms with van der Waals surface area (Å²) >= 11 is 0. The summed E-state index contributed by atoms with van der Waals surface area (Å²) in [6, 6.07) is 23.3. The summed E-state index contributed by atoms with van der Waals surface area (Å²) in [5.74, 6) is -0.0248. The van der Waals surface area contributed by atoms with E-state index in [9.17, 15) is 9.59 Å². The van der Waals surface area contributed by atoms with Gasteiger partial charge in [0.1, 0.15) is 5.69 Å². The lowest BCUT2D eigenvalue weighted by Crippen LogP contribution is -2.12. The van der Waals surface area contributed by atoms with Crippen molar-refractivity contribution in [3.63, 3.8) is 0 Å². The highest BCUT2D eigenvalue weighted by molar-refractivity contribution is 6.04. The van der Waals surface area contributed by atoms with E-state index >= 15 is 0 Å². The Labute approximate surface area is 200 Å². The van der Waals surface area contributed by atoms with Gasteiger partial charge >= 0.3 is 0 Å². The molecule has 3 N–H and O–H groups in total. The van der Waals surface area contributed by atoms with Gasteiger partial charge in [0.15, 0.2) is 0 Å². The molecule has 0 bridgehead atoms. The van der Waals surface area contributed by atoms with Crippen LogP contribution in [0.5, 0.6) is 0 Å². The first kappa shape index (κ1) is 21.8. The highest BCUT2D eigenvalue weighted by atomic mass is 16.4. The molecule has 5 aromatic rings. The van der Waals surface area contributed by atoms with E-state index in [-0.39, 0.29) is 11.6 Å². The molecule has 172 valence electrons. The molecule has 0 radical (unpaired) electrons. The molecule has 0 unspecified atom stereocenters. The van der Waals surface area contributed by atoms with Gasteiger partial charge in [0.25, 0.3) is 11.8 Å². The Balaban J connectivity index is 1.26. The molecule has 0 saturated carbocycles. The number of amides is 2. The van der Waals surface area contributed by atoms with Crippen LogP contribution < -0.4 is 11.1 Å². The summed E-state index contributed by atoms with van der Waals surface area (Å²) in [7, 11) is 0. The Hall–Kier alpha value is -5.05. The number of hydrogen-bond donors (Lipinski definition) is 2. The van der Waals surface area contributed by atoms with Crippen LogP contribution >= 0.6 is 0 Å². The number of hydrogen-bond acceptors (Lipinski definition) is 6. The van der Waals surface area contributed by atoms with E-state index in [4.69, 9.17) is 10.2 Å². The quantitative estimate of drug-likeness (QED) is 0.387. The number of aromatic nitrogens is 4. The molecule has 0 atom stereocenters. The molecule has 9 heteroatoms. The Kier molecular flexibility index (Phi) is 5.64. The number of carbonyl (C=O) groups excluding carboxylic acids is 2. The summed E-state index contributed by atoms with van der Waals surface area (Å²) in [6.45, 7) is 1.98. The first-order valence-electron chi connectivity index (χ1n) is 10.7. The van der Waals surface area contributed by atoms with Gasteiger partial charge in [-0.3, -0.25) is 9.59 Å². The number of nitrogens with one attached hydrogen (secondary N) is 1. The van der Waals surface area contributed by atoms with Gasteiger partial charge in [0, 0.05) is 28.6 Å². The summed E-state index contributed by atoms with van der Waals surface area (Å²) < 4.78 is 7.37. The van der Waals surface area contributed by atoms with Crippen LogP contribution in [0.3, 0.4) is 0 Å². The van der Waals surface area contributed by atoms with Crippen LogP contribution in [0.2, 0.25) is 0 Å². The fourth-order valence-corrected chi connectivity index (χ4v) is 3.53. The van der Waals surface area contributed by atoms with Gasteiger partial charge in [-0.1, -0.05) is 18.2 Å². The van der Waals surface area contributed by atoms with Crippen molar-refractivity contribution in [3.8, 4) is 28.6 Å². The van der Waals surface area contributed by atoms with Gasteiger partial charge in [-0.25, -0.2) is 4.68 Å². The third-order valence-corrected chi connectivity index (χ3v) is 5.43. The zero-order valence-electron chi connectivity index (χ0n) is 18.7. The molecular formula is C26H20N6O3. The second-order valence-electron chi connectivity index (χ2n) is 7.82. The van der Waals surface area contributed by atoms with Crippen LogP contribution in [-0.4, -0.2) is 31.8 Å².